The van der Waals surface area contributed by atoms with E-state index in [1.807, 2.05) is 18.7 Å². The summed E-state index contributed by atoms with van der Waals surface area (Å²) in [7, 11) is 0. The van der Waals surface area contributed by atoms with Gasteiger partial charge in [0.1, 0.15) is 0 Å². The van der Waals surface area contributed by atoms with E-state index < -0.39 is 0 Å². The molecule has 0 fully saturated rings. The maximum absolute atomic E-state index is 8.96. The normalized spacial score (nSPS) is 16.4. The molecule has 2 atom stereocenters. The lowest BCUT2D eigenvalue weighted by atomic mass is 10.2. The van der Waals surface area contributed by atoms with Crippen molar-refractivity contribution >= 4 is 11.8 Å². The molecule has 0 aliphatic heterocycles. The van der Waals surface area contributed by atoms with Crippen LogP contribution in [0.1, 0.15) is 33.6 Å². The number of rotatable bonds is 6. The number of thioether (sulfide) groups is 1. The minimum atomic E-state index is -0.126. The van der Waals surface area contributed by atoms with Gasteiger partial charge in [0.05, 0.1) is 6.10 Å². The molecule has 2 heteroatoms. The van der Waals surface area contributed by atoms with Gasteiger partial charge >= 0.3 is 0 Å². The quantitative estimate of drug-likeness (QED) is 0.628. The van der Waals surface area contributed by atoms with Crippen molar-refractivity contribution < 1.29 is 5.11 Å². The minimum Gasteiger partial charge on any atom is -0.393 e. The van der Waals surface area contributed by atoms with E-state index in [0.29, 0.717) is 0 Å². The van der Waals surface area contributed by atoms with Crippen LogP contribution in [0.3, 0.4) is 0 Å². The summed E-state index contributed by atoms with van der Waals surface area (Å²) in [6.45, 7) is 6.35. The van der Waals surface area contributed by atoms with E-state index in [9.17, 15) is 0 Å². The van der Waals surface area contributed by atoms with Gasteiger partial charge in [-0.25, -0.2) is 0 Å². The molecule has 0 saturated heterocycles. The first-order valence-corrected chi connectivity index (χ1v) is 5.58. The van der Waals surface area contributed by atoms with Crippen LogP contribution < -0.4 is 0 Å². The van der Waals surface area contributed by atoms with Crippen molar-refractivity contribution in [2.45, 2.75) is 39.7 Å². The highest BCUT2D eigenvalue weighted by atomic mass is 32.2. The van der Waals surface area contributed by atoms with Crippen LogP contribution in [0.2, 0.25) is 0 Å². The zero-order valence-corrected chi connectivity index (χ0v) is 8.66. The van der Waals surface area contributed by atoms with E-state index in [-0.39, 0.29) is 6.10 Å². The summed E-state index contributed by atoms with van der Waals surface area (Å²) in [6.07, 6.45) is 2.07. The predicted octanol–water partition coefficient (Wildman–Crippen LogP) is 2.54. The molecule has 1 nitrogen and oxygen atoms in total. The smallest absolute Gasteiger partial charge is 0.0520 e. The number of aliphatic hydroxyl groups excluding tert-OH is 1. The second-order valence-corrected chi connectivity index (χ2v) is 4.38. The van der Waals surface area contributed by atoms with Gasteiger partial charge in [-0.3, -0.25) is 0 Å². The second kappa shape index (κ2) is 6.99. The van der Waals surface area contributed by atoms with Crippen molar-refractivity contribution in [2.75, 3.05) is 11.5 Å². The van der Waals surface area contributed by atoms with Crippen LogP contribution >= 0.6 is 11.8 Å². The summed E-state index contributed by atoms with van der Waals surface area (Å²) in [5.41, 5.74) is 0. The average molecular weight is 176 g/mol. The van der Waals surface area contributed by atoms with Crippen molar-refractivity contribution in [2.24, 2.45) is 5.92 Å². The van der Waals surface area contributed by atoms with Gasteiger partial charge in [0.15, 0.2) is 0 Å². The number of hydrogen-bond donors (Lipinski definition) is 1. The molecule has 0 saturated carbocycles. The predicted molar refractivity (Wildman–Crippen MR) is 53.1 cm³/mol. The Morgan fingerprint density at radius 3 is 2.45 bits per heavy atom. The van der Waals surface area contributed by atoms with Crippen LogP contribution in [0.15, 0.2) is 0 Å². The van der Waals surface area contributed by atoms with Crippen LogP contribution in [0.25, 0.3) is 0 Å². The summed E-state index contributed by atoms with van der Waals surface area (Å²) in [5.74, 6) is 3.17. The summed E-state index contributed by atoms with van der Waals surface area (Å²) in [5, 5.41) is 8.96. The molecule has 1 N–H and O–H groups in total. The molecule has 0 heterocycles. The van der Waals surface area contributed by atoms with Crippen LogP contribution in [-0.4, -0.2) is 22.7 Å². The van der Waals surface area contributed by atoms with Crippen molar-refractivity contribution in [3.8, 4) is 0 Å². The van der Waals surface area contributed by atoms with Crippen LogP contribution in [0.4, 0.5) is 0 Å². The van der Waals surface area contributed by atoms with Gasteiger partial charge < -0.3 is 5.11 Å². The monoisotopic (exact) mass is 176 g/mol. The summed E-state index contributed by atoms with van der Waals surface area (Å²) in [4.78, 5) is 0. The molecule has 68 valence electrons. The van der Waals surface area contributed by atoms with Gasteiger partial charge in [-0.2, -0.15) is 11.8 Å². The Balaban J connectivity index is 3.01. The fourth-order valence-electron chi connectivity index (χ4n) is 0.656. The van der Waals surface area contributed by atoms with Gasteiger partial charge in [0, 0.05) is 0 Å². The average Bonchev–Trinajstić information content (AvgIpc) is 1.97. The Hall–Kier alpha value is 0.310. The van der Waals surface area contributed by atoms with Crippen molar-refractivity contribution in [1.29, 1.82) is 0 Å². The Kier molecular flexibility index (Phi) is 7.18. The minimum absolute atomic E-state index is 0.126. The molecule has 2 unspecified atom stereocenters. The number of aliphatic hydroxyl groups is 1. The lowest BCUT2D eigenvalue weighted by molar-refractivity contribution is 0.192. The van der Waals surface area contributed by atoms with E-state index in [1.54, 1.807) is 0 Å². The van der Waals surface area contributed by atoms with Crippen LogP contribution in [-0.2, 0) is 0 Å². The molecular formula is C9H20OS. The third-order valence-electron chi connectivity index (χ3n) is 1.78. The summed E-state index contributed by atoms with van der Waals surface area (Å²) < 4.78 is 0. The van der Waals surface area contributed by atoms with Gasteiger partial charge in [-0.15, -0.1) is 0 Å². The van der Waals surface area contributed by atoms with Crippen molar-refractivity contribution in [3.05, 3.63) is 0 Å². The molecule has 0 spiro atoms. The molecule has 11 heavy (non-hydrogen) atoms. The second-order valence-electron chi connectivity index (χ2n) is 3.23. The molecule has 0 bridgehead atoms. The molecule has 0 amide bonds. The number of hydrogen-bond acceptors (Lipinski definition) is 2. The topological polar surface area (TPSA) is 20.2 Å². The summed E-state index contributed by atoms with van der Waals surface area (Å²) >= 11 is 1.95. The zero-order valence-electron chi connectivity index (χ0n) is 7.84. The summed E-state index contributed by atoms with van der Waals surface area (Å²) in [6, 6.07) is 0. The van der Waals surface area contributed by atoms with E-state index >= 15 is 0 Å². The maximum atomic E-state index is 8.96. The van der Waals surface area contributed by atoms with Gasteiger partial charge in [-0.1, -0.05) is 20.3 Å². The van der Waals surface area contributed by atoms with Crippen molar-refractivity contribution in [3.63, 3.8) is 0 Å². The zero-order chi connectivity index (χ0) is 8.69. The van der Waals surface area contributed by atoms with E-state index in [4.69, 9.17) is 5.11 Å². The van der Waals surface area contributed by atoms with Crippen molar-refractivity contribution in [1.82, 2.24) is 0 Å². The lowest BCUT2D eigenvalue weighted by Crippen LogP contribution is -2.02. The first-order chi connectivity index (χ1) is 5.16. The van der Waals surface area contributed by atoms with E-state index in [0.717, 1.165) is 18.1 Å². The highest BCUT2D eigenvalue weighted by Crippen LogP contribution is 2.12. The standard InChI is InChI=1S/C9H20OS/c1-4-8(2)7-11-6-5-9(3)10/h8-10H,4-7H2,1-3H3. The van der Waals surface area contributed by atoms with Gasteiger partial charge in [0.2, 0.25) is 0 Å². The first-order valence-electron chi connectivity index (χ1n) is 4.42. The Bertz CT molecular complexity index is 83.6. The Morgan fingerprint density at radius 1 is 1.36 bits per heavy atom. The highest BCUT2D eigenvalue weighted by Gasteiger charge is 1.99. The van der Waals surface area contributed by atoms with E-state index in [2.05, 4.69) is 13.8 Å². The Morgan fingerprint density at radius 2 is 2.00 bits per heavy atom. The van der Waals surface area contributed by atoms with Crippen LogP contribution in [0, 0.1) is 5.92 Å². The molecule has 0 aromatic heterocycles. The van der Waals surface area contributed by atoms with Gasteiger partial charge in [0.25, 0.3) is 0 Å². The lowest BCUT2D eigenvalue weighted by Gasteiger charge is -2.08. The molecule has 0 aromatic carbocycles. The van der Waals surface area contributed by atoms with Crippen LogP contribution in [0.5, 0.6) is 0 Å². The first kappa shape index (κ1) is 11.3. The third kappa shape index (κ3) is 8.21. The van der Waals surface area contributed by atoms with E-state index in [1.165, 1.54) is 12.2 Å². The third-order valence-corrected chi connectivity index (χ3v) is 3.11. The maximum Gasteiger partial charge on any atom is 0.0520 e. The molecular weight excluding hydrogens is 156 g/mol. The molecule has 0 aromatic rings. The largest absolute Gasteiger partial charge is 0.393 e. The fourth-order valence-corrected chi connectivity index (χ4v) is 1.97. The molecule has 0 aliphatic carbocycles. The molecule has 0 aliphatic rings. The highest BCUT2D eigenvalue weighted by molar-refractivity contribution is 7.99. The van der Waals surface area contributed by atoms with Gasteiger partial charge in [-0.05, 0) is 30.8 Å². The fraction of sp³-hybridized carbons (Fsp3) is 1.00. The SMILES string of the molecule is CCC(C)CSCCC(C)O. The Labute approximate surface area is 74.6 Å². The molecule has 0 radical (unpaired) electrons. The molecule has 0 rings (SSSR count).